The number of rotatable bonds is 3. The van der Waals surface area contributed by atoms with Gasteiger partial charge in [-0.05, 0) is 44.3 Å². The number of para-hydroxylation sites is 1. The lowest BCUT2D eigenvalue weighted by atomic mass is 10.3. The molecule has 0 amide bonds. The first kappa shape index (κ1) is 12.9. The molecule has 1 aliphatic heterocycles. The van der Waals surface area contributed by atoms with Crippen molar-refractivity contribution in [3.8, 4) is 0 Å². The summed E-state index contributed by atoms with van der Waals surface area (Å²) in [6.45, 7) is 4.91. The molecule has 1 aromatic carbocycles. The molecule has 0 fully saturated rings. The van der Waals surface area contributed by atoms with Gasteiger partial charge in [-0.25, -0.2) is 5.43 Å². The Bertz CT molecular complexity index is 442. The molecule has 0 atom stereocenters. The van der Waals surface area contributed by atoms with E-state index in [1.807, 2.05) is 35.3 Å². The van der Waals surface area contributed by atoms with Crippen LogP contribution in [0.5, 0.6) is 0 Å². The van der Waals surface area contributed by atoms with E-state index in [2.05, 4.69) is 36.0 Å². The lowest BCUT2D eigenvalue weighted by Crippen LogP contribution is -2.44. The lowest BCUT2D eigenvalue weighted by Gasteiger charge is -2.24. The minimum Gasteiger partial charge on any atom is -0.360 e. The van der Waals surface area contributed by atoms with Crippen LogP contribution in [0, 0.1) is 0 Å². The third kappa shape index (κ3) is 3.21. The van der Waals surface area contributed by atoms with Gasteiger partial charge in [0.2, 0.25) is 0 Å². The fraction of sp³-hybridized carbons (Fsp3) is 0.308. The smallest absolute Gasteiger partial charge is 0.172 e. The Kier molecular flexibility index (Phi) is 4.17. The summed E-state index contributed by atoms with van der Waals surface area (Å²) in [6.07, 6.45) is 2.07. The molecule has 0 aliphatic carbocycles. The lowest BCUT2D eigenvalue weighted by molar-refractivity contribution is 0.715. The predicted molar refractivity (Wildman–Crippen MR) is 79.0 cm³/mol. The maximum atomic E-state index is 5.25. The van der Waals surface area contributed by atoms with Crippen molar-refractivity contribution in [3.05, 3.63) is 42.2 Å². The summed E-state index contributed by atoms with van der Waals surface area (Å²) in [5.74, 6) is 0.958. The van der Waals surface area contributed by atoms with Crippen molar-refractivity contribution >= 4 is 23.0 Å². The summed E-state index contributed by atoms with van der Waals surface area (Å²) in [4.78, 5) is 0. The van der Waals surface area contributed by atoms with Crippen molar-refractivity contribution in [2.45, 2.75) is 19.9 Å². The van der Waals surface area contributed by atoms with E-state index in [1.165, 1.54) is 0 Å². The summed E-state index contributed by atoms with van der Waals surface area (Å²) in [7, 11) is 0. The van der Waals surface area contributed by atoms with E-state index < -0.39 is 0 Å². The highest BCUT2D eigenvalue weighted by atomic mass is 32.1. The first-order chi connectivity index (χ1) is 8.66. The molecule has 0 bridgehead atoms. The second-order valence-corrected chi connectivity index (χ2v) is 4.78. The molecule has 0 radical (unpaired) electrons. The van der Waals surface area contributed by atoms with Crippen LogP contribution >= 0.6 is 12.2 Å². The first-order valence-corrected chi connectivity index (χ1v) is 6.44. The number of benzene rings is 1. The highest BCUT2D eigenvalue weighted by Gasteiger charge is 2.17. The van der Waals surface area contributed by atoms with Crippen molar-refractivity contribution < 1.29 is 0 Å². The van der Waals surface area contributed by atoms with Gasteiger partial charge < -0.3 is 10.6 Å². The average molecular weight is 262 g/mol. The van der Waals surface area contributed by atoms with Gasteiger partial charge in [0.25, 0.3) is 0 Å². The molecule has 2 rings (SSSR count). The van der Waals surface area contributed by atoms with Crippen LogP contribution in [0.3, 0.4) is 0 Å². The predicted octanol–water partition coefficient (Wildman–Crippen LogP) is 1.73. The molecule has 3 N–H and O–H groups in total. The zero-order chi connectivity index (χ0) is 13.0. The topological polar surface area (TPSA) is 39.3 Å². The Morgan fingerprint density at radius 2 is 2.06 bits per heavy atom. The van der Waals surface area contributed by atoms with Crippen LogP contribution in [0.2, 0.25) is 0 Å². The van der Waals surface area contributed by atoms with Crippen molar-refractivity contribution in [1.29, 1.82) is 0 Å². The average Bonchev–Trinajstić information content (AvgIpc) is 2.77. The van der Waals surface area contributed by atoms with Gasteiger partial charge in [0.05, 0.1) is 5.69 Å². The number of hydrazine groups is 1. The number of anilines is 1. The molecule has 1 aromatic rings. The van der Waals surface area contributed by atoms with Gasteiger partial charge >= 0.3 is 0 Å². The highest BCUT2D eigenvalue weighted by Crippen LogP contribution is 2.17. The van der Waals surface area contributed by atoms with E-state index >= 15 is 0 Å². The zero-order valence-corrected chi connectivity index (χ0v) is 11.4. The third-order valence-electron chi connectivity index (χ3n) is 2.46. The number of hydrogen-bond acceptors (Lipinski definition) is 3. The molecule has 0 spiro atoms. The van der Waals surface area contributed by atoms with E-state index in [0.29, 0.717) is 11.2 Å². The van der Waals surface area contributed by atoms with E-state index in [9.17, 15) is 0 Å². The SMILES string of the molecule is CC(C)NC(=S)NC1=CCNN1c1ccccc1. The van der Waals surface area contributed by atoms with E-state index in [0.717, 1.165) is 18.1 Å². The number of nitrogens with one attached hydrogen (secondary N) is 3. The second kappa shape index (κ2) is 5.84. The molecule has 1 heterocycles. The fourth-order valence-electron chi connectivity index (χ4n) is 1.74. The molecule has 18 heavy (non-hydrogen) atoms. The summed E-state index contributed by atoms with van der Waals surface area (Å²) in [5, 5.41) is 9.00. The Morgan fingerprint density at radius 1 is 1.33 bits per heavy atom. The quantitative estimate of drug-likeness (QED) is 0.724. The fourth-order valence-corrected chi connectivity index (χ4v) is 2.08. The number of hydrogen-bond donors (Lipinski definition) is 3. The number of thiocarbonyl (C=S) groups is 1. The summed E-state index contributed by atoms with van der Waals surface area (Å²) in [5.41, 5.74) is 4.36. The first-order valence-electron chi connectivity index (χ1n) is 6.03. The van der Waals surface area contributed by atoms with Gasteiger partial charge in [0, 0.05) is 12.6 Å². The van der Waals surface area contributed by atoms with Crippen LogP contribution in [-0.2, 0) is 0 Å². The van der Waals surface area contributed by atoms with Crippen LogP contribution < -0.4 is 21.1 Å². The van der Waals surface area contributed by atoms with Crippen molar-refractivity contribution in [2.75, 3.05) is 11.6 Å². The molecule has 5 heteroatoms. The maximum Gasteiger partial charge on any atom is 0.172 e. The normalized spacial score (nSPS) is 14.6. The van der Waals surface area contributed by atoms with Crippen LogP contribution in [0.15, 0.2) is 42.2 Å². The maximum absolute atomic E-state index is 5.25. The van der Waals surface area contributed by atoms with E-state index in [1.54, 1.807) is 0 Å². The monoisotopic (exact) mass is 262 g/mol. The summed E-state index contributed by atoms with van der Waals surface area (Å²) < 4.78 is 0. The highest BCUT2D eigenvalue weighted by molar-refractivity contribution is 7.80. The largest absolute Gasteiger partial charge is 0.360 e. The Morgan fingerprint density at radius 3 is 2.72 bits per heavy atom. The molecule has 0 aromatic heterocycles. The van der Waals surface area contributed by atoms with Crippen molar-refractivity contribution in [3.63, 3.8) is 0 Å². The van der Waals surface area contributed by atoms with E-state index in [-0.39, 0.29) is 0 Å². The van der Waals surface area contributed by atoms with Crippen molar-refractivity contribution in [2.24, 2.45) is 0 Å². The molecule has 0 unspecified atom stereocenters. The second-order valence-electron chi connectivity index (χ2n) is 4.38. The molecule has 96 valence electrons. The van der Waals surface area contributed by atoms with Crippen LogP contribution in [0.4, 0.5) is 5.69 Å². The van der Waals surface area contributed by atoms with Crippen molar-refractivity contribution in [1.82, 2.24) is 16.1 Å². The minimum absolute atomic E-state index is 0.324. The summed E-state index contributed by atoms with van der Waals surface area (Å²) >= 11 is 5.25. The standard InChI is InChI=1S/C13H18N4S/c1-10(2)15-13(18)16-12-8-9-14-17(12)11-6-4-3-5-7-11/h3-8,10,14H,9H2,1-2H3,(H2,15,16,18). The third-order valence-corrected chi connectivity index (χ3v) is 2.68. The van der Waals surface area contributed by atoms with Gasteiger partial charge in [0.1, 0.15) is 5.82 Å². The van der Waals surface area contributed by atoms with E-state index in [4.69, 9.17) is 12.2 Å². The molecule has 1 aliphatic rings. The van der Waals surface area contributed by atoms with Crippen LogP contribution in [-0.4, -0.2) is 17.7 Å². The number of nitrogens with zero attached hydrogens (tertiary/aromatic N) is 1. The molecule has 4 nitrogen and oxygen atoms in total. The van der Waals surface area contributed by atoms with Gasteiger partial charge in [-0.3, -0.25) is 5.01 Å². The molecule has 0 saturated carbocycles. The van der Waals surface area contributed by atoms with Crippen LogP contribution in [0.1, 0.15) is 13.8 Å². The van der Waals surface area contributed by atoms with Gasteiger partial charge in [-0.2, -0.15) is 0 Å². The van der Waals surface area contributed by atoms with Crippen LogP contribution in [0.25, 0.3) is 0 Å². The Labute approximate surface area is 113 Å². The minimum atomic E-state index is 0.324. The molecular weight excluding hydrogens is 244 g/mol. The molecular formula is C13H18N4S. The van der Waals surface area contributed by atoms with Gasteiger partial charge in [-0.1, -0.05) is 18.2 Å². The zero-order valence-electron chi connectivity index (χ0n) is 10.6. The Hall–Kier alpha value is -1.59. The van der Waals surface area contributed by atoms with Gasteiger partial charge in [0.15, 0.2) is 5.11 Å². The Balaban J connectivity index is 2.02. The van der Waals surface area contributed by atoms with Gasteiger partial charge in [-0.15, -0.1) is 0 Å². The molecule has 0 saturated heterocycles. The summed E-state index contributed by atoms with van der Waals surface area (Å²) in [6, 6.07) is 10.4.